The van der Waals surface area contributed by atoms with Crippen molar-refractivity contribution in [2.45, 2.75) is 25.9 Å². The molecule has 1 amide bonds. The predicted molar refractivity (Wildman–Crippen MR) is 78.0 cm³/mol. The molecule has 0 aliphatic rings. The first-order chi connectivity index (χ1) is 9.59. The molecule has 2 rings (SSSR count). The number of amides is 1. The largest absolute Gasteiger partial charge is 0.356 e. The van der Waals surface area contributed by atoms with Crippen LogP contribution in [0.2, 0.25) is 0 Å². The second kappa shape index (κ2) is 6.51. The second-order valence-electron chi connectivity index (χ2n) is 4.45. The van der Waals surface area contributed by atoms with E-state index >= 15 is 0 Å². The summed E-state index contributed by atoms with van der Waals surface area (Å²) in [6, 6.07) is 6.09. The SMILES string of the molecule is CC(=O)NCCSc1nnnn1-c1c(C)cccc1C. The number of thioether (sulfide) groups is 1. The predicted octanol–water partition coefficient (Wildman–Crippen LogP) is 1.51. The van der Waals surface area contributed by atoms with Gasteiger partial charge in [-0.2, -0.15) is 4.68 Å². The molecule has 0 atom stereocenters. The lowest BCUT2D eigenvalue weighted by Crippen LogP contribution is -2.22. The van der Waals surface area contributed by atoms with E-state index in [-0.39, 0.29) is 5.91 Å². The average Bonchev–Trinajstić information content (AvgIpc) is 2.82. The minimum atomic E-state index is -0.0278. The Kier molecular flexibility index (Phi) is 4.73. The minimum absolute atomic E-state index is 0.0278. The number of aryl methyl sites for hydroxylation is 2. The number of rotatable bonds is 5. The van der Waals surface area contributed by atoms with Gasteiger partial charge in [0.2, 0.25) is 11.1 Å². The van der Waals surface area contributed by atoms with E-state index in [4.69, 9.17) is 0 Å². The van der Waals surface area contributed by atoms with Crippen LogP contribution in [0.1, 0.15) is 18.1 Å². The zero-order valence-electron chi connectivity index (χ0n) is 11.8. The molecule has 0 unspecified atom stereocenters. The number of hydrogen-bond acceptors (Lipinski definition) is 5. The summed E-state index contributed by atoms with van der Waals surface area (Å²) >= 11 is 1.52. The smallest absolute Gasteiger partial charge is 0.216 e. The van der Waals surface area contributed by atoms with E-state index in [0.29, 0.717) is 6.54 Å². The Bertz CT molecular complexity index is 590. The van der Waals surface area contributed by atoms with E-state index in [9.17, 15) is 4.79 Å². The van der Waals surface area contributed by atoms with Crippen molar-refractivity contribution in [1.29, 1.82) is 0 Å². The van der Waals surface area contributed by atoms with Crippen molar-refractivity contribution in [3.05, 3.63) is 29.3 Å². The molecule has 1 heterocycles. The summed E-state index contributed by atoms with van der Waals surface area (Å²) in [6.07, 6.45) is 0. The summed E-state index contributed by atoms with van der Waals surface area (Å²) in [5.41, 5.74) is 3.27. The van der Waals surface area contributed by atoms with Gasteiger partial charge in [0.1, 0.15) is 0 Å². The third kappa shape index (κ3) is 3.36. The molecule has 1 aromatic heterocycles. The number of carbonyl (C=O) groups is 1. The molecule has 0 radical (unpaired) electrons. The fourth-order valence-electron chi connectivity index (χ4n) is 1.92. The van der Waals surface area contributed by atoms with Gasteiger partial charge in [-0.3, -0.25) is 4.79 Å². The van der Waals surface area contributed by atoms with Crippen LogP contribution in [0.4, 0.5) is 0 Å². The molecule has 0 aliphatic carbocycles. The van der Waals surface area contributed by atoms with Crippen molar-refractivity contribution in [2.24, 2.45) is 0 Å². The molecule has 6 nitrogen and oxygen atoms in total. The lowest BCUT2D eigenvalue weighted by molar-refractivity contribution is -0.118. The highest BCUT2D eigenvalue weighted by molar-refractivity contribution is 7.99. The zero-order chi connectivity index (χ0) is 14.5. The number of nitrogens with one attached hydrogen (secondary N) is 1. The summed E-state index contributed by atoms with van der Waals surface area (Å²) < 4.78 is 1.75. The van der Waals surface area contributed by atoms with E-state index < -0.39 is 0 Å². The summed E-state index contributed by atoms with van der Waals surface area (Å²) in [6.45, 7) is 6.18. The quantitative estimate of drug-likeness (QED) is 0.668. The first kappa shape index (κ1) is 14.5. The Morgan fingerprint density at radius 2 is 2.05 bits per heavy atom. The molecule has 0 saturated carbocycles. The number of para-hydroxylation sites is 1. The van der Waals surface area contributed by atoms with Crippen LogP contribution in [0, 0.1) is 13.8 Å². The average molecular weight is 291 g/mol. The number of benzene rings is 1. The van der Waals surface area contributed by atoms with Gasteiger partial charge in [-0.25, -0.2) is 0 Å². The highest BCUT2D eigenvalue weighted by Gasteiger charge is 2.12. The first-order valence-electron chi connectivity index (χ1n) is 6.32. The molecule has 0 aliphatic heterocycles. The van der Waals surface area contributed by atoms with Crippen LogP contribution >= 0.6 is 11.8 Å². The van der Waals surface area contributed by atoms with Crippen LogP contribution in [0.15, 0.2) is 23.4 Å². The minimum Gasteiger partial charge on any atom is -0.356 e. The monoisotopic (exact) mass is 291 g/mol. The van der Waals surface area contributed by atoms with Crippen molar-refractivity contribution in [3.63, 3.8) is 0 Å². The summed E-state index contributed by atoms with van der Waals surface area (Å²) in [4.78, 5) is 10.8. The van der Waals surface area contributed by atoms with E-state index in [1.165, 1.54) is 18.7 Å². The fourth-order valence-corrected chi connectivity index (χ4v) is 2.65. The molecule has 0 fully saturated rings. The summed E-state index contributed by atoms with van der Waals surface area (Å²) in [5.74, 6) is 0.699. The Labute approximate surface area is 121 Å². The van der Waals surface area contributed by atoms with Gasteiger partial charge in [0.15, 0.2) is 0 Å². The Hall–Kier alpha value is -1.89. The third-order valence-corrected chi connectivity index (χ3v) is 3.72. The van der Waals surface area contributed by atoms with Gasteiger partial charge < -0.3 is 5.32 Å². The standard InChI is InChI=1S/C13H17N5OS/c1-9-5-4-6-10(2)12(9)18-13(15-16-17-18)20-8-7-14-11(3)19/h4-6H,7-8H2,1-3H3,(H,14,19). The topological polar surface area (TPSA) is 72.7 Å². The van der Waals surface area contributed by atoms with E-state index in [0.717, 1.165) is 27.7 Å². The molecule has 0 saturated heterocycles. The maximum atomic E-state index is 10.8. The number of hydrogen-bond donors (Lipinski definition) is 1. The van der Waals surface area contributed by atoms with Gasteiger partial charge in [-0.15, -0.1) is 5.10 Å². The molecule has 0 spiro atoms. The zero-order valence-corrected chi connectivity index (χ0v) is 12.6. The Morgan fingerprint density at radius 3 is 2.70 bits per heavy atom. The van der Waals surface area contributed by atoms with Crippen LogP contribution in [-0.2, 0) is 4.79 Å². The summed E-state index contributed by atoms with van der Waals surface area (Å²) in [7, 11) is 0. The van der Waals surface area contributed by atoms with Gasteiger partial charge in [0, 0.05) is 19.2 Å². The maximum Gasteiger partial charge on any atom is 0.216 e. The normalized spacial score (nSPS) is 10.6. The highest BCUT2D eigenvalue weighted by atomic mass is 32.2. The van der Waals surface area contributed by atoms with Crippen LogP contribution in [0.5, 0.6) is 0 Å². The number of aromatic nitrogens is 4. The van der Waals surface area contributed by atoms with Crippen molar-refractivity contribution in [1.82, 2.24) is 25.5 Å². The Morgan fingerprint density at radius 1 is 1.35 bits per heavy atom. The first-order valence-corrected chi connectivity index (χ1v) is 7.30. The van der Waals surface area contributed by atoms with Gasteiger partial charge in [-0.1, -0.05) is 30.0 Å². The van der Waals surface area contributed by atoms with Crippen LogP contribution < -0.4 is 5.32 Å². The summed E-state index contributed by atoms with van der Waals surface area (Å²) in [5, 5.41) is 15.3. The third-order valence-electron chi connectivity index (χ3n) is 2.80. The number of nitrogens with zero attached hydrogens (tertiary/aromatic N) is 4. The molecular weight excluding hydrogens is 274 g/mol. The lowest BCUT2D eigenvalue weighted by Gasteiger charge is -2.10. The molecule has 1 N–H and O–H groups in total. The van der Waals surface area contributed by atoms with Crippen LogP contribution in [-0.4, -0.2) is 38.4 Å². The Balaban J connectivity index is 2.14. The van der Waals surface area contributed by atoms with Gasteiger partial charge in [-0.05, 0) is 35.4 Å². The second-order valence-corrected chi connectivity index (χ2v) is 5.51. The van der Waals surface area contributed by atoms with Gasteiger partial charge in [0.05, 0.1) is 5.69 Å². The molecule has 106 valence electrons. The van der Waals surface area contributed by atoms with E-state index in [1.54, 1.807) is 4.68 Å². The van der Waals surface area contributed by atoms with Crippen molar-refractivity contribution in [2.75, 3.05) is 12.3 Å². The maximum absolute atomic E-state index is 10.8. The van der Waals surface area contributed by atoms with Crippen LogP contribution in [0.25, 0.3) is 5.69 Å². The van der Waals surface area contributed by atoms with Gasteiger partial charge in [0.25, 0.3) is 0 Å². The van der Waals surface area contributed by atoms with E-state index in [2.05, 4.69) is 20.8 Å². The molecular formula is C13H17N5OS. The number of carbonyl (C=O) groups excluding carboxylic acids is 1. The molecule has 7 heteroatoms. The van der Waals surface area contributed by atoms with Crippen molar-refractivity contribution < 1.29 is 4.79 Å². The molecule has 0 bridgehead atoms. The molecule has 2 aromatic rings. The number of tetrazole rings is 1. The van der Waals surface area contributed by atoms with Crippen molar-refractivity contribution >= 4 is 17.7 Å². The van der Waals surface area contributed by atoms with Crippen LogP contribution in [0.3, 0.4) is 0 Å². The fraction of sp³-hybridized carbons (Fsp3) is 0.385. The molecule has 1 aromatic carbocycles. The van der Waals surface area contributed by atoms with Gasteiger partial charge >= 0.3 is 0 Å². The highest BCUT2D eigenvalue weighted by Crippen LogP contribution is 2.22. The molecule has 20 heavy (non-hydrogen) atoms. The lowest BCUT2D eigenvalue weighted by atomic mass is 10.1. The van der Waals surface area contributed by atoms with E-state index in [1.807, 2.05) is 32.0 Å². The van der Waals surface area contributed by atoms with Crippen molar-refractivity contribution in [3.8, 4) is 5.69 Å².